The van der Waals surface area contributed by atoms with Crippen LogP contribution in [0.2, 0.25) is 0 Å². The summed E-state index contributed by atoms with van der Waals surface area (Å²) in [6, 6.07) is 7.27. The predicted octanol–water partition coefficient (Wildman–Crippen LogP) is 6.65. The van der Waals surface area contributed by atoms with E-state index in [0.717, 1.165) is 24.8 Å². The van der Waals surface area contributed by atoms with Crippen LogP contribution in [0, 0.1) is 0 Å². The standard InChI is InChI=1S/C22H38O3S/c1-4-6-7-8-9-10-11-12-13-14-17-21-18-15-16-19-22(21)26(23,24)25-20(3)5-2/h15-16,18-20H,4-14,17H2,1-3H3. The first-order valence-electron chi connectivity index (χ1n) is 10.5. The third kappa shape index (κ3) is 9.18. The molecule has 3 nitrogen and oxygen atoms in total. The molecule has 0 radical (unpaired) electrons. The average molecular weight is 383 g/mol. The molecule has 0 bridgehead atoms. The minimum Gasteiger partial charge on any atom is -0.263 e. The Bertz CT molecular complexity index is 581. The van der Waals surface area contributed by atoms with E-state index in [1.165, 1.54) is 51.4 Å². The Hall–Kier alpha value is -0.870. The van der Waals surface area contributed by atoms with Crippen molar-refractivity contribution in [1.82, 2.24) is 0 Å². The Labute approximate surface area is 161 Å². The van der Waals surface area contributed by atoms with Crippen LogP contribution < -0.4 is 0 Å². The fraction of sp³-hybridized carbons (Fsp3) is 0.727. The van der Waals surface area contributed by atoms with Crippen molar-refractivity contribution < 1.29 is 12.6 Å². The van der Waals surface area contributed by atoms with Gasteiger partial charge in [0.05, 0.1) is 11.0 Å². The third-order valence-electron chi connectivity index (χ3n) is 4.91. The largest absolute Gasteiger partial charge is 0.297 e. The maximum atomic E-state index is 12.5. The van der Waals surface area contributed by atoms with E-state index >= 15 is 0 Å². The van der Waals surface area contributed by atoms with E-state index in [9.17, 15) is 8.42 Å². The summed E-state index contributed by atoms with van der Waals surface area (Å²) in [4.78, 5) is 0.344. The van der Waals surface area contributed by atoms with Gasteiger partial charge >= 0.3 is 0 Å². The van der Waals surface area contributed by atoms with Crippen molar-refractivity contribution in [3.05, 3.63) is 29.8 Å². The molecular weight excluding hydrogens is 344 g/mol. The molecule has 0 amide bonds. The molecule has 150 valence electrons. The number of benzene rings is 1. The van der Waals surface area contributed by atoms with Crippen LogP contribution in [0.15, 0.2) is 29.2 Å². The van der Waals surface area contributed by atoms with E-state index in [-0.39, 0.29) is 6.10 Å². The molecule has 0 saturated heterocycles. The van der Waals surface area contributed by atoms with Crippen LogP contribution in [-0.4, -0.2) is 14.5 Å². The van der Waals surface area contributed by atoms with Crippen LogP contribution >= 0.6 is 0 Å². The lowest BCUT2D eigenvalue weighted by molar-refractivity contribution is 0.224. The van der Waals surface area contributed by atoms with E-state index in [2.05, 4.69) is 6.92 Å². The molecule has 1 rings (SSSR count). The first kappa shape index (κ1) is 23.2. The van der Waals surface area contributed by atoms with Gasteiger partial charge in [-0.1, -0.05) is 89.8 Å². The van der Waals surface area contributed by atoms with Crippen LogP contribution in [0.1, 0.15) is 97.0 Å². The highest BCUT2D eigenvalue weighted by Gasteiger charge is 2.21. The second kappa shape index (κ2) is 13.3. The first-order chi connectivity index (χ1) is 12.5. The molecule has 0 aliphatic heterocycles. The lowest BCUT2D eigenvalue weighted by Gasteiger charge is -2.14. The number of unbranched alkanes of at least 4 members (excludes halogenated alkanes) is 9. The van der Waals surface area contributed by atoms with E-state index in [1.807, 2.05) is 19.1 Å². The number of hydrogen-bond acceptors (Lipinski definition) is 3. The van der Waals surface area contributed by atoms with E-state index in [0.29, 0.717) is 11.3 Å². The molecule has 4 heteroatoms. The summed E-state index contributed by atoms with van der Waals surface area (Å²) in [7, 11) is -3.66. The van der Waals surface area contributed by atoms with Gasteiger partial charge in [0.15, 0.2) is 0 Å². The average Bonchev–Trinajstić information content (AvgIpc) is 2.63. The van der Waals surface area contributed by atoms with Gasteiger partial charge in [0.1, 0.15) is 0 Å². The predicted molar refractivity (Wildman–Crippen MR) is 110 cm³/mol. The Morgan fingerprint density at radius 1 is 0.846 bits per heavy atom. The molecule has 26 heavy (non-hydrogen) atoms. The van der Waals surface area contributed by atoms with Crippen molar-refractivity contribution >= 4 is 10.1 Å². The van der Waals surface area contributed by atoms with Gasteiger partial charge < -0.3 is 0 Å². The summed E-state index contributed by atoms with van der Waals surface area (Å²) in [5, 5.41) is 0. The monoisotopic (exact) mass is 382 g/mol. The normalized spacial score (nSPS) is 13.0. The molecule has 0 aromatic heterocycles. The third-order valence-corrected chi connectivity index (χ3v) is 6.43. The highest BCUT2D eigenvalue weighted by atomic mass is 32.2. The maximum absolute atomic E-state index is 12.5. The van der Waals surface area contributed by atoms with Crippen LogP contribution in [0.3, 0.4) is 0 Å². The molecule has 1 aromatic rings. The topological polar surface area (TPSA) is 43.4 Å². The zero-order valence-electron chi connectivity index (χ0n) is 17.0. The van der Waals surface area contributed by atoms with Crippen molar-refractivity contribution in [2.75, 3.05) is 0 Å². The molecule has 1 aromatic carbocycles. The highest BCUT2D eigenvalue weighted by molar-refractivity contribution is 7.86. The summed E-state index contributed by atoms with van der Waals surface area (Å²) in [5.41, 5.74) is 0.885. The maximum Gasteiger partial charge on any atom is 0.297 e. The molecule has 0 heterocycles. The van der Waals surface area contributed by atoms with Gasteiger partial charge in [-0.05, 0) is 37.8 Å². The van der Waals surface area contributed by atoms with Gasteiger partial charge in [0, 0.05) is 0 Å². The van der Waals surface area contributed by atoms with E-state index < -0.39 is 10.1 Å². The smallest absolute Gasteiger partial charge is 0.263 e. The van der Waals surface area contributed by atoms with Crippen LogP contribution in [0.5, 0.6) is 0 Å². The number of aryl methyl sites for hydroxylation is 1. The van der Waals surface area contributed by atoms with Gasteiger partial charge in [-0.3, -0.25) is 4.18 Å². The Morgan fingerprint density at radius 2 is 1.38 bits per heavy atom. The van der Waals surface area contributed by atoms with Crippen molar-refractivity contribution in [2.45, 2.75) is 109 Å². The van der Waals surface area contributed by atoms with Crippen LogP contribution in [0.4, 0.5) is 0 Å². The van der Waals surface area contributed by atoms with E-state index in [4.69, 9.17) is 4.18 Å². The van der Waals surface area contributed by atoms with Gasteiger partial charge in [-0.25, -0.2) is 0 Å². The number of rotatable bonds is 15. The zero-order chi connectivity index (χ0) is 19.3. The lowest BCUT2D eigenvalue weighted by atomic mass is 10.0. The van der Waals surface area contributed by atoms with Crippen molar-refractivity contribution in [3.8, 4) is 0 Å². The van der Waals surface area contributed by atoms with Gasteiger partial charge in [0.2, 0.25) is 0 Å². The molecule has 0 aliphatic carbocycles. The quantitative estimate of drug-likeness (QED) is 0.252. The zero-order valence-corrected chi connectivity index (χ0v) is 17.8. The lowest BCUT2D eigenvalue weighted by Crippen LogP contribution is -2.16. The van der Waals surface area contributed by atoms with Crippen molar-refractivity contribution in [1.29, 1.82) is 0 Å². The number of hydrogen-bond donors (Lipinski definition) is 0. The fourth-order valence-corrected chi connectivity index (χ4v) is 4.50. The molecule has 0 aliphatic rings. The van der Waals surface area contributed by atoms with Crippen molar-refractivity contribution in [2.24, 2.45) is 0 Å². The minimum atomic E-state index is -3.66. The SMILES string of the molecule is CCCCCCCCCCCCc1ccccc1S(=O)(=O)OC(C)CC. The fourth-order valence-electron chi connectivity index (χ4n) is 3.09. The van der Waals surface area contributed by atoms with Crippen LogP contribution in [-0.2, 0) is 20.7 Å². The molecule has 0 N–H and O–H groups in total. The second-order valence-electron chi connectivity index (χ2n) is 7.31. The summed E-state index contributed by atoms with van der Waals surface area (Å²) >= 11 is 0. The van der Waals surface area contributed by atoms with Crippen molar-refractivity contribution in [3.63, 3.8) is 0 Å². The van der Waals surface area contributed by atoms with Gasteiger partial charge in [0.25, 0.3) is 10.1 Å². The molecular formula is C22H38O3S. The summed E-state index contributed by atoms with van der Waals surface area (Å²) in [5.74, 6) is 0. The molecule has 1 atom stereocenters. The second-order valence-corrected chi connectivity index (χ2v) is 8.85. The summed E-state index contributed by atoms with van der Waals surface area (Å²) in [6.45, 7) is 5.97. The van der Waals surface area contributed by atoms with Gasteiger partial charge in [-0.2, -0.15) is 8.42 Å². The molecule has 1 unspecified atom stereocenters. The Kier molecular flexibility index (Phi) is 11.9. The summed E-state index contributed by atoms with van der Waals surface area (Å²) in [6.07, 6.45) is 14.0. The van der Waals surface area contributed by atoms with Crippen LogP contribution in [0.25, 0.3) is 0 Å². The molecule has 0 fully saturated rings. The minimum absolute atomic E-state index is 0.287. The Balaban J connectivity index is 2.35. The molecule has 0 spiro atoms. The first-order valence-corrected chi connectivity index (χ1v) is 11.9. The molecule has 0 saturated carbocycles. The Morgan fingerprint density at radius 3 is 1.96 bits per heavy atom. The highest BCUT2D eigenvalue weighted by Crippen LogP contribution is 2.22. The van der Waals surface area contributed by atoms with E-state index in [1.54, 1.807) is 19.1 Å². The summed E-state index contributed by atoms with van der Waals surface area (Å²) < 4.78 is 30.2. The van der Waals surface area contributed by atoms with Gasteiger partial charge in [-0.15, -0.1) is 0 Å².